The van der Waals surface area contributed by atoms with E-state index in [1.54, 1.807) is 45.0 Å². The number of carbonyl (C=O) groups excluding carboxylic acids is 2. The van der Waals surface area contributed by atoms with Crippen LogP contribution in [0.25, 0.3) is 0 Å². The normalized spacial score (nSPS) is 13.4. The summed E-state index contributed by atoms with van der Waals surface area (Å²) in [5.74, 6) is 0.170. The number of nitrogens with one attached hydrogen (secondary N) is 2. The van der Waals surface area contributed by atoms with Crippen molar-refractivity contribution in [2.75, 3.05) is 11.1 Å². The highest BCUT2D eigenvalue weighted by Crippen LogP contribution is 2.27. The van der Waals surface area contributed by atoms with Crippen LogP contribution in [0, 0.1) is 5.92 Å². The number of thioether (sulfide) groups is 1. The van der Waals surface area contributed by atoms with Gasteiger partial charge in [0.25, 0.3) is 5.22 Å². The van der Waals surface area contributed by atoms with Crippen LogP contribution in [0.15, 0.2) is 33.9 Å². The summed E-state index contributed by atoms with van der Waals surface area (Å²) in [4.78, 5) is 24.3. The van der Waals surface area contributed by atoms with E-state index in [9.17, 15) is 9.59 Å². The number of anilines is 1. The van der Waals surface area contributed by atoms with Gasteiger partial charge in [0.15, 0.2) is 0 Å². The van der Waals surface area contributed by atoms with Crippen molar-refractivity contribution < 1.29 is 18.7 Å². The lowest BCUT2D eigenvalue weighted by atomic mass is 9.99. The number of halogens is 1. The summed E-state index contributed by atoms with van der Waals surface area (Å²) in [6.45, 7) is 9.35. The van der Waals surface area contributed by atoms with Gasteiger partial charge in [-0.25, -0.2) is 4.79 Å². The van der Waals surface area contributed by atoms with Gasteiger partial charge in [-0.15, -0.1) is 10.2 Å². The molecule has 0 aliphatic heterocycles. The van der Waals surface area contributed by atoms with Gasteiger partial charge in [-0.05, 0) is 44.9 Å². The van der Waals surface area contributed by atoms with Gasteiger partial charge >= 0.3 is 6.09 Å². The predicted octanol–water partition coefficient (Wildman–Crippen LogP) is 5.07. The van der Waals surface area contributed by atoms with Crippen molar-refractivity contribution in [1.29, 1.82) is 0 Å². The minimum Gasteiger partial charge on any atom is -0.444 e. The first-order valence-corrected chi connectivity index (χ1v) is 10.9. The fraction of sp³-hybridized carbons (Fsp3) is 0.500. The summed E-state index contributed by atoms with van der Waals surface area (Å²) in [7, 11) is 0. The first kappa shape index (κ1) is 24.0. The minimum atomic E-state index is -0.615. The number of amides is 2. The molecule has 0 bridgehead atoms. The Morgan fingerprint density at radius 3 is 2.67 bits per heavy atom. The molecule has 2 amide bonds. The Hall–Kier alpha value is -2.26. The highest BCUT2D eigenvalue weighted by Gasteiger charge is 2.28. The Bertz CT molecular complexity index is 868. The van der Waals surface area contributed by atoms with E-state index in [4.69, 9.17) is 20.8 Å². The van der Waals surface area contributed by atoms with Gasteiger partial charge in [-0.2, -0.15) is 0 Å². The van der Waals surface area contributed by atoms with Gasteiger partial charge in [0.1, 0.15) is 11.6 Å². The Morgan fingerprint density at radius 1 is 1.30 bits per heavy atom. The largest absolute Gasteiger partial charge is 0.444 e. The molecule has 1 aromatic carbocycles. The molecule has 10 heteroatoms. The Morgan fingerprint density at radius 2 is 2.03 bits per heavy atom. The predicted molar refractivity (Wildman–Crippen MR) is 117 cm³/mol. The zero-order chi connectivity index (χ0) is 22.3. The van der Waals surface area contributed by atoms with Gasteiger partial charge in [0.2, 0.25) is 11.8 Å². The quantitative estimate of drug-likeness (QED) is 0.536. The van der Waals surface area contributed by atoms with Crippen molar-refractivity contribution in [2.24, 2.45) is 5.92 Å². The highest BCUT2D eigenvalue weighted by molar-refractivity contribution is 7.99. The molecular formula is C20H27ClN4O4S. The number of benzene rings is 1. The van der Waals surface area contributed by atoms with Gasteiger partial charge in [-0.1, -0.05) is 49.7 Å². The van der Waals surface area contributed by atoms with Crippen molar-refractivity contribution in [3.8, 4) is 0 Å². The highest BCUT2D eigenvalue weighted by atomic mass is 35.5. The van der Waals surface area contributed by atoms with E-state index >= 15 is 0 Å². The maximum atomic E-state index is 12.2. The number of nitrogens with zero attached hydrogens (tertiary/aromatic N) is 2. The van der Waals surface area contributed by atoms with Crippen LogP contribution in [-0.4, -0.2) is 33.6 Å². The molecule has 1 heterocycles. The molecule has 0 saturated carbocycles. The zero-order valence-corrected chi connectivity index (χ0v) is 19.3. The van der Waals surface area contributed by atoms with Crippen LogP contribution in [0.2, 0.25) is 5.02 Å². The van der Waals surface area contributed by atoms with Crippen LogP contribution >= 0.6 is 23.4 Å². The van der Waals surface area contributed by atoms with E-state index in [2.05, 4.69) is 20.8 Å². The Kier molecular flexibility index (Phi) is 8.54. The molecule has 2 N–H and O–H groups in total. The summed E-state index contributed by atoms with van der Waals surface area (Å²) in [6, 6.07) is 6.39. The first-order chi connectivity index (χ1) is 14.1. The average Bonchev–Trinajstić information content (AvgIpc) is 3.11. The topological polar surface area (TPSA) is 106 Å². The molecule has 2 aromatic rings. The van der Waals surface area contributed by atoms with Crippen LogP contribution < -0.4 is 10.6 Å². The molecule has 0 saturated heterocycles. The third-order valence-corrected chi connectivity index (χ3v) is 5.06. The van der Waals surface area contributed by atoms with Gasteiger partial charge in [0.05, 0.1) is 5.75 Å². The smallest absolute Gasteiger partial charge is 0.408 e. The van der Waals surface area contributed by atoms with Crippen LogP contribution in [-0.2, 0) is 9.53 Å². The van der Waals surface area contributed by atoms with Crippen LogP contribution in [0.1, 0.15) is 53.0 Å². The lowest BCUT2D eigenvalue weighted by molar-refractivity contribution is -0.113. The Balaban J connectivity index is 1.97. The molecule has 2 rings (SSSR count). The van der Waals surface area contributed by atoms with Crippen LogP contribution in [0.5, 0.6) is 0 Å². The molecule has 1 aromatic heterocycles. The number of alkyl carbamates (subject to hydrolysis) is 1. The van der Waals surface area contributed by atoms with E-state index in [-0.39, 0.29) is 28.7 Å². The molecule has 2 atom stereocenters. The van der Waals surface area contributed by atoms with Crippen molar-refractivity contribution in [3.63, 3.8) is 0 Å². The summed E-state index contributed by atoms with van der Waals surface area (Å²) in [5, 5.41) is 14.4. The van der Waals surface area contributed by atoms with E-state index in [0.29, 0.717) is 10.7 Å². The molecule has 0 fully saturated rings. The third kappa shape index (κ3) is 7.87. The third-order valence-electron chi connectivity index (χ3n) is 4.01. The standard InChI is InChI=1S/C20H27ClN4O4S/c1-6-12(2)16(23-18(27)29-20(3,4)5)17-24-25-19(28-17)30-11-15(26)22-14-9-7-8-13(21)10-14/h7-10,12,16H,6,11H2,1-5H3,(H,22,26)(H,23,27)/t12-,16+/m1/s1. The van der Waals surface area contributed by atoms with Gasteiger partial charge < -0.3 is 19.8 Å². The lowest BCUT2D eigenvalue weighted by Gasteiger charge is -2.24. The molecule has 0 aliphatic rings. The summed E-state index contributed by atoms with van der Waals surface area (Å²) >= 11 is 7.02. The van der Waals surface area contributed by atoms with E-state index in [0.717, 1.165) is 18.2 Å². The van der Waals surface area contributed by atoms with Crippen molar-refractivity contribution in [3.05, 3.63) is 35.2 Å². The second-order valence-electron chi connectivity index (χ2n) is 7.76. The summed E-state index contributed by atoms with van der Waals surface area (Å²) < 4.78 is 11.0. The average molecular weight is 455 g/mol. The number of carbonyl (C=O) groups is 2. The number of rotatable bonds is 8. The second kappa shape index (κ2) is 10.7. The molecule has 0 radical (unpaired) electrons. The van der Waals surface area contributed by atoms with Crippen LogP contribution in [0.3, 0.4) is 0 Å². The lowest BCUT2D eigenvalue weighted by Crippen LogP contribution is -2.37. The molecular weight excluding hydrogens is 428 g/mol. The fourth-order valence-electron chi connectivity index (χ4n) is 2.41. The molecule has 0 unspecified atom stereocenters. The van der Waals surface area contributed by atoms with Crippen LogP contribution in [0.4, 0.5) is 10.5 Å². The number of ether oxygens (including phenoxy) is 1. The minimum absolute atomic E-state index is 0.0435. The second-order valence-corrected chi connectivity index (χ2v) is 9.13. The van der Waals surface area contributed by atoms with E-state index in [1.807, 2.05) is 13.8 Å². The summed E-state index contributed by atoms with van der Waals surface area (Å²) in [6.07, 6.45) is 0.231. The van der Waals surface area contributed by atoms with Crippen molar-refractivity contribution in [1.82, 2.24) is 15.5 Å². The van der Waals surface area contributed by atoms with Gasteiger partial charge in [-0.3, -0.25) is 4.79 Å². The van der Waals surface area contributed by atoms with E-state index in [1.165, 1.54) is 0 Å². The number of hydrogen-bond donors (Lipinski definition) is 2. The SMILES string of the molecule is CC[C@@H](C)[C@H](NC(=O)OC(C)(C)C)c1nnc(SCC(=O)Nc2cccc(Cl)c2)o1. The molecule has 0 spiro atoms. The molecule has 0 aliphatic carbocycles. The number of aromatic nitrogens is 2. The zero-order valence-electron chi connectivity index (χ0n) is 17.7. The first-order valence-electron chi connectivity index (χ1n) is 9.58. The summed E-state index contributed by atoms with van der Waals surface area (Å²) in [5.41, 5.74) is -0.00580. The maximum absolute atomic E-state index is 12.2. The molecule has 30 heavy (non-hydrogen) atoms. The van der Waals surface area contributed by atoms with Crippen molar-refractivity contribution in [2.45, 2.75) is 57.9 Å². The van der Waals surface area contributed by atoms with E-state index < -0.39 is 17.7 Å². The maximum Gasteiger partial charge on any atom is 0.408 e. The molecule has 164 valence electrons. The number of hydrogen-bond acceptors (Lipinski definition) is 7. The Labute approximate surface area is 185 Å². The molecule has 8 nitrogen and oxygen atoms in total. The van der Waals surface area contributed by atoms with Gasteiger partial charge in [0, 0.05) is 10.7 Å². The van der Waals surface area contributed by atoms with Crippen molar-refractivity contribution >= 4 is 41.1 Å². The monoisotopic (exact) mass is 454 g/mol. The fourth-order valence-corrected chi connectivity index (χ4v) is 3.17.